The SMILES string of the molecule is Cc1nc2ccc(C(=O)Nc3ccccc3C#N)cc2nc1C. The molecule has 1 aromatic heterocycles. The smallest absolute Gasteiger partial charge is 0.255 e. The van der Waals surface area contributed by atoms with Crippen LogP contribution in [-0.4, -0.2) is 15.9 Å². The van der Waals surface area contributed by atoms with Crippen LogP contribution in [0.4, 0.5) is 5.69 Å². The number of benzene rings is 2. The second-order valence-corrected chi connectivity index (χ2v) is 5.21. The molecule has 2 aromatic carbocycles. The molecule has 0 saturated carbocycles. The number of amides is 1. The summed E-state index contributed by atoms with van der Waals surface area (Å²) in [7, 11) is 0. The van der Waals surface area contributed by atoms with Crippen LogP contribution >= 0.6 is 0 Å². The standard InChI is InChI=1S/C18H14N4O/c1-11-12(2)21-17-9-13(7-8-16(17)20-11)18(23)22-15-6-4-3-5-14(15)10-19/h3-9H,1-2H3,(H,22,23). The summed E-state index contributed by atoms with van der Waals surface area (Å²) in [5.74, 6) is -0.283. The lowest BCUT2D eigenvalue weighted by Gasteiger charge is -2.08. The summed E-state index contributed by atoms with van der Waals surface area (Å²) in [6.07, 6.45) is 0. The van der Waals surface area contributed by atoms with E-state index in [1.807, 2.05) is 13.8 Å². The summed E-state index contributed by atoms with van der Waals surface area (Å²) < 4.78 is 0. The molecule has 0 fully saturated rings. The van der Waals surface area contributed by atoms with E-state index >= 15 is 0 Å². The Kier molecular flexibility index (Phi) is 3.73. The third-order valence-corrected chi connectivity index (χ3v) is 3.63. The van der Waals surface area contributed by atoms with Crippen molar-refractivity contribution in [2.24, 2.45) is 0 Å². The molecule has 1 N–H and O–H groups in total. The first-order chi connectivity index (χ1) is 11.1. The fraction of sp³-hybridized carbons (Fsp3) is 0.111. The lowest BCUT2D eigenvalue weighted by Crippen LogP contribution is -2.13. The van der Waals surface area contributed by atoms with Gasteiger partial charge in [0.2, 0.25) is 0 Å². The summed E-state index contributed by atoms with van der Waals surface area (Å²) >= 11 is 0. The molecule has 3 rings (SSSR count). The molecule has 0 radical (unpaired) electrons. The van der Waals surface area contributed by atoms with Crippen molar-refractivity contribution >= 4 is 22.6 Å². The van der Waals surface area contributed by atoms with Gasteiger partial charge in [0, 0.05) is 5.56 Å². The van der Waals surface area contributed by atoms with Gasteiger partial charge in [0.05, 0.1) is 33.7 Å². The zero-order chi connectivity index (χ0) is 16.4. The van der Waals surface area contributed by atoms with Gasteiger partial charge in [-0.05, 0) is 44.2 Å². The molecule has 5 nitrogen and oxygen atoms in total. The number of carbonyl (C=O) groups excluding carboxylic acids is 1. The van der Waals surface area contributed by atoms with E-state index in [4.69, 9.17) is 5.26 Å². The number of fused-ring (bicyclic) bond motifs is 1. The van der Waals surface area contributed by atoms with Crippen molar-refractivity contribution in [1.29, 1.82) is 5.26 Å². The number of aryl methyl sites for hydroxylation is 2. The van der Waals surface area contributed by atoms with Gasteiger partial charge in [-0.2, -0.15) is 5.26 Å². The monoisotopic (exact) mass is 302 g/mol. The first kappa shape index (κ1) is 14.7. The quantitative estimate of drug-likeness (QED) is 0.787. The summed E-state index contributed by atoms with van der Waals surface area (Å²) in [6.45, 7) is 3.79. The van der Waals surface area contributed by atoms with Crippen LogP contribution in [0.5, 0.6) is 0 Å². The highest BCUT2D eigenvalue weighted by Gasteiger charge is 2.11. The second-order valence-electron chi connectivity index (χ2n) is 5.21. The average molecular weight is 302 g/mol. The number of rotatable bonds is 2. The summed E-state index contributed by atoms with van der Waals surface area (Å²) in [6, 6.07) is 14.1. The molecule has 0 bridgehead atoms. The molecule has 0 aliphatic carbocycles. The zero-order valence-electron chi connectivity index (χ0n) is 12.8. The molecule has 1 amide bonds. The maximum absolute atomic E-state index is 12.4. The summed E-state index contributed by atoms with van der Waals surface area (Å²) in [5.41, 5.74) is 4.53. The van der Waals surface area contributed by atoms with Gasteiger partial charge in [-0.25, -0.2) is 9.97 Å². The zero-order valence-corrected chi connectivity index (χ0v) is 12.8. The molecule has 5 heteroatoms. The highest BCUT2D eigenvalue weighted by atomic mass is 16.1. The number of anilines is 1. The minimum Gasteiger partial charge on any atom is -0.321 e. The van der Waals surface area contributed by atoms with Gasteiger partial charge >= 0.3 is 0 Å². The van der Waals surface area contributed by atoms with E-state index in [-0.39, 0.29) is 5.91 Å². The topological polar surface area (TPSA) is 78.7 Å². The lowest BCUT2D eigenvalue weighted by atomic mass is 10.1. The van der Waals surface area contributed by atoms with E-state index in [0.29, 0.717) is 22.3 Å². The minimum atomic E-state index is -0.283. The van der Waals surface area contributed by atoms with Crippen molar-refractivity contribution in [3.63, 3.8) is 0 Å². The molecule has 112 valence electrons. The van der Waals surface area contributed by atoms with Crippen molar-refractivity contribution < 1.29 is 4.79 Å². The average Bonchev–Trinajstić information content (AvgIpc) is 2.56. The lowest BCUT2D eigenvalue weighted by molar-refractivity contribution is 0.102. The van der Waals surface area contributed by atoms with Crippen molar-refractivity contribution in [1.82, 2.24) is 9.97 Å². The fourth-order valence-corrected chi connectivity index (χ4v) is 2.26. The number of carbonyl (C=O) groups is 1. The molecule has 1 heterocycles. The second kappa shape index (κ2) is 5.85. The van der Waals surface area contributed by atoms with Crippen molar-refractivity contribution in [3.8, 4) is 6.07 Å². The molecule has 0 saturated heterocycles. The molecule has 0 spiro atoms. The van der Waals surface area contributed by atoms with E-state index in [2.05, 4.69) is 21.4 Å². The number of hydrogen-bond donors (Lipinski definition) is 1. The molecule has 0 aliphatic rings. The van der Waals surface area contributed by atoms with Crippen LogP contribution in [0.15, 0.2) is 42.5 Å². The van der Waals surface area contributed by atoms with Gasteiger partial charge in [-0.1, -0.05) is 12.1 Å². The molecule has 0 unspecified atom stereocenters. The molecule has 3 aromatic rings. The van der Waals surface area contributed by atoms with Gasteiger partial charge in [0.1, 0.15) is 6.07 Å². The number of nitrogens with zero attached hydrogens (tertiary/aromatic N) is 3. The Morgan fingerprint density at radius 2 is 1.74 bits per heavy atom. The maximum atomic E-state index is 12.4. The van der Waals surface area contributed by atoms with Crippen LogP contribution in [0, 0.1) is 25.2 Å². The Labute approximate surface area is 133 Å². The number of aromatic nitrogens is 2. The van der Waals surface area contributed by atoms with Crippen molar-refractivity contribution in [2.75, 3.05) is 5.32 Å². The molecule has 0 aliphatic heterocycles. The summed E-state index contributed by atoms with van der Waals surface area (Å²) in [4.78, 5) is 21.3. The van der Waals surface area contributed by atoms with Crippen LogP contribution < -0.4 is 5.32 Å². The highest BCUT2D eigenvalue weighted by molar-refractivity contribution is 6.06. The number of hydrogen-bond acceptors (Lipinski definition) is 4. The van der Waals surface area contributed by atoms with Gasteiger partial charge in [0.15, 0.2) is 0 Å². The molecule has 0 atom stereocenters. The number of para-hydroxylation sites is 1. The van der Waals surface area contributed by atoms with E-state index in [9.17, 15) is 4.79 Å². The normalized spacial score (nSPS) is 10.3. The first-order valence-corrected chi connectivity index (χ1v) is 7.14. The maximum Gasteiger partial charge on any atom is 0.255 e. The van der Waals surface area contributed by atoms with Crippen LogP contribution in [0.2, 0.25) is 0 Å². The number of nitrogens with one attached hydrogen (secondary N) is 1. The van der Waals surface area contributed by atoms with Gasteiger partial charge in [-0.15, -0.1) is 0 Å². The van der Waals surface area contributed by atoms with Crippen LogP contribution in [-0.2, 0) is 0 Å². The largest absolute Gasteiger partial charge is 0.321 e. The van der Waals surface area contributed by atoms with E-state index in [0.717, 1.165) is 16.9 Å². The highest BCUT2D eigenvalue weighted by Crippen LogP contribution is 2.18. The Balaban J connectivity index is 1.95. The molecule has 23 heavy (non-hydrogen) atoms. The predicted molar refractivity (Wildman–Crippen MR) is 88.1 cm³/mol. The van der Waals surface area contributed by atoms with E-state index < -0.39 is 0 Å². The van der Waals surface area contributed by atoms with E-state index in [1.165, 1.54) is 0 Å². The Morgan fingerprint density at radius 3 is 2.48 bits per heavy atom. The third kappa shape index (κ3) is 2.87. The van der Waals surface area contributed by atoms with Crippen LogP contribution in [0.3, 0.4) is 0 Å². The van der Waals surface area contributed by atoms with Crippen LogP contribution in [0.1, 0.15) is 27.3 Å². The molecular weight excluding hydrogens is 288 g/mol. The van der Waals surface area contributed by atoms with Gasteiger partial charge in [-0.3, -0.25) is 4.79 Å². The van der Waals surface area contributed by atoms with Crippen molar-refractivity contribution in [2.45, 2.75) is 13.8 Å². The Morgan fingerprint density at radius 1 is 1.04 bits per heavy atom. The van der Waals surface area contributed by atoms with E-state index in [1.54, 1.807) is 42.5 Å². The number of nitriles is 1. The van der Waals surface area contributed by atoms with Gasteiger partial charge < -0.3 is 5.32 Å². The predicted octanol–water partition coefficient (Wildman–Crippen LogP) is 3.37. The first-order valence-electron chi connectivity index (χ1n) is 7.14. The Hall–Kier alpha value is -3.26. The molecular formula is C18H14N4O. The fourth-order valence-electron chi connectivity index (χ4n) is 2.26. The van der Waals surface area contributed by atoms with Gasteiger partial charge in [0.25, 0.3) is 5.91 Å². The third-order valence-electron chi connectivity index (χ3n) is 3.63. The van der Waals surface area contributed by atoms with Crippen LogP contribution in [0.25, 0.3) is 11.0 Å². The van der Waals surface area contributed by atoms with Crippen molar-refractivity contribution in [3.05, 3.63) is 65.0 Å². The minimum absolute atomic E-state index is 0.283. The summed E-state index contributed by atoms with van der Waals surface area (Å²) in [5, 5.41) is 11.8. The Bertz CT molecular complexity index is 957.